The minimum atomic E-state index is 0.157. The van der Waals surface area contributed by atoms with Crippen LogP contribution in [0.2, 0.25) is 0 Å². The third-order valence-corrected chi connectivity index (χ3v) is 2.59. The molecular formula is C12H16N2O. The molecule has 0 bridgehead atoms. The molecule has 0 radical (unpaired) electrons. The fraction of sp³-hybridized carbons (Fsp3) is 0.417. The van der Waals surface area contributed by atoms with Crippen LogP contribution in [-0.2, 0) is 4.79 Å². The molecule has 0 heterocycles. The van der Waals surface area contributed by atoms with Gasteiger partial charge in [-0.25, -0.2) is 0 Å². The number of hydrogen-bond donors (Lipinski definition) is 1. The smallest absolute Gasteiger partial charge is 0.227 e. The largest absolute Gasteiger partial charge is 0.376 e. The van der Waals surface area contributed by atoms with E-state index in [-0.39, 0.29) is 11.8 Å². The van der Waals surface area contributed by atoms with E-state index in [1.165, 1.54) is 0 Å². The quantitative estimate of drug-likeness (QED) is 0.817. The van der Waals surface area contributed by atoms with Gasteiger partial charge in [-0.05, 0) is 25.0 Å². The van der Waals surface area contributed by atoms with Gasteiger partial charge in [-0.3, -0.25) is 4.79 Å². The van der Waals surface area contributed by atoms with E-state index in [1.807, 2.05) is 43.3 Å². The Bertz CT molecular complexity index is 370. The second-order valence-corrected chi connectivity index (χ2v) is 4.18. The fourth-order valence-corrected chi connectivity index (χ4v) is 1.55. The number of benzene rings is 1. The number of carbonyl (C=O) groups is 1. The van der Waals surface area contributed by atoms with Crippen molar-refractivity contribution in [3.05, 3.63) is 24.3 Å². The van der Waals surface area contributed by atoms with Crippen LogP contribution in [0.5, 0.6) is 0 Å². The molecule has 1 aromatic rings. The maximum Gasteiger partial charge on any atom is 0.227 e. The number of hydrogen-bond acceptors (Lipinski definition) is 2. The van der Waals surface area contributed by atoms with Crippen LogP contribution in [0.3, 0.4) is 0 Å². The molecule has 80 valence electrons. The van der Waals surface area contributed by atoms with Crippen LogP contribution in [0.4, 0.5) is 11.4 Å². The second-order valence-electron chi connectivity index (χ2n) is 4.18. The van der Waals surface area contributed by atoms with Crippen molar-refractivity contribution in [2.75, 3.05) is 24.3 Å². The van der Waals surface area contributed by atoms with Gasteiger partial charge in [-0.1, -0.05) is 12.1 Å². The van der Waals surface area contributed by atoms with Crippen LogP contribution in [0.25, 0.3) is 0 Å². The summed E-state index contributed by atoms with van der Waals surface area (Å²) in [5, 5.41) is 2.97. The van der Waals surface area contributed by atoms with Crippen molar-refractivity contribution < 1.29 is 4.79 Å². The molecular weight excluding hydrogens is 188 g/mol. The third-order valence-electron chi connectivity index (χ3n) is 2.59. The van der Waals surface area contributed by atoms with E-state index in [1.54, 1.807) is 0 Å². The molecule has 2 rings (SSSR count). The van der Waals surface area contributed by atoms with Crippen LogP contribution < -0.4 is 10.2 Å². The first-order chi connectivity index (χ1) is 7.18. The summed E-state index contributed by atoms with van der Waals surface area (Å²) < 4.78 is 0. The molecule has 1 aliphatic rings. The molecule has 1 N–H and O–H groups in total. The molecule has 1 aromatic carbocycles. The van der Waals surface area contributed by atoms with E-state index < -0.39 is 0 Å². The van der Waals surface area contributed by atoms with E-state index in [0.717, 1.165) is 24.2 Å². The fourth-order valence-electron chi connectivity index (χ4n) is 1.55. The van der Waals surface area contributed by atoms with Crippen LogP contribution >= 0.6 is 0 Å². The average Bonchev–Trinajstić information content (AvgIpc) is 3.01. The van der Waals surface area contributed by atoms with Gasteiger partial charge in [0.1, 0.15) is 0 Å². The van der Waals surface area contributed by atoms with Crippen molar-refractivity contribution in [3.63, 3.8) is 0 Å². The van der Waals surface area contributed by atoms with Crippen molar-refractivity contribution in [1.29, 1.82) is 0 Å². The first-order valence-corrected chi connectivity index (χ1v) is 5.25. The lowest BCUT2D eigenvalue weighted by atomic mass is 10.2. The van der Waals surface area contributed by atoms with E-state index in [0.29, 0.717) is 0 Å². The molecule has 0 unspecified atom stereocenters. The van der Waals surface area contributed by atoms with Crippen LogP contribution in [0.1, 0.15) is 12.8 Å². The molecule has 0 aliphatic heterocycles. The zero-order valence-corrected chi connectivity index (χ0v) is 9.16. The highest BCUT2D eigenvalue weighted by Crippen LogP contribution is 2.32. The van der Waals surface area contributed by atoms with E-state index >= 15 is 0 Å². The minimum Gasteiger partial charge on any atom is -0.376 e. The topological polar surface area (TPSA) is 32.3 Å². The van der Waals surface area contributed by atoms with Crippen molar-refractivity contribution in [3.8, 4) is 0 Å². The molecule has 1 aliphatic carbocycles. The number of amides is 1. The van der Waals surface area contributed by atoms with Crippen LogP contribution in [0.15, 0.2) is 24.3 Å². The van der Waals surface area contributed by atoms with Gasteiger partial charge >= 0.3 is 0 Å². The summed E-state index contributed by atoms with van der Waals surface area (Å²) in [6.07, 6.45) is 2.08. The van der Waals surface area contributed by atoms with Gasteiger partial charge in [-0.2, -0.15) is 0 Å². The van der Waals surface area contributed by atoms with Crippen molar-refractivity contribution in [1.82, 2.24) is 0 Å². The van der Waals surface area contributed by atoms with Crippen LogP contribution in [0, 0.1) is 5.92 Å². The molecule has 15 heavy (non-hydrogen) atoms. The Kier molecular flexibility index (Phi) is 2.62. The minimum absolute atomic E-state index is 0.157. The monoisotopic (exact) mass is 204 g/mol. The normalized spacial score (nSPS) is 14.8. The van der Waals surface area contributed by atoms with E-state index in [2.05, 4.69) is 5.32 Å². The Morgan fingerprint density at radius 3 is 2.60 bits per heavy atom. The molecule has 0 saturated heterocycles. The van der Waals surface area contributed by atoms with Gasteiger partial charge in [0.05, 0.1) is 11.4 Å². The highest BCUT2D eigenvalue weighted by molar-refractivity contribution is 5.96. The van der Waals surface area contributed by atoms with Gasteiger partial charge < -0.3 is 10.2 Å². The Morgan fingerprint density at radius 1 is 1.33 bits per heavy atom. The summed E-state index contributed by atoms with van der Waals surface area (Å²) in [4.78, 5) is 13.6. The van der Waals surface area contributed by atoms with E-state index in [4.69, 9.17) is 0 Å². The van der Waals surface area contributed by atoms with Crippen molar-refractivity contribution in [2.45, 2.75) is 12.8 Å². The molecule has 3 heteroatoms. The van der Waals surface area contributed by atoms with E-state index in [9.17, 15) is 4.79 Å². The number of carbonyl (C=O) groups excluding carboxylic acids is 1. The van der Waals surface area contributed by atoms with Gasteiger partial charge in [0.15, 0.2) is 0 Å². The Labute approximate surface area is 90.1 Å². The highest BCUT2D eigenvalue weighted by atomic mass is 16.2. The number of nitrogens with zero attached hydrogens (tertiary/aromatic N) is 1. The number of rotatable bonds is 3. The Morgan fingerprint density at radius 2 is 2.00 bits per heavy atom. The van der Waals surface area contributed by atoms with Gasteiger partial charge in [0, 0.05) is 20.0 Å². The third kappa shape index (κ3) is 2.29. The molecule has 3 nitrogen and oxygen atoms in total. The molecule has 0 spiro atoms. The summed E-state index contributed by atoms with van der Waals surface area (Å²) in [5.41, 5.74) is 1.95. The maximum atomic E-state index is 11.6. The van der Waals surface area contributed by atoms with Crippen molar-refractivity contribution >= 4 is 17.3 Å². The maximum absolute atomic E-state index is 11.6. The summed E-state index contributed by atoms with van der Waals surface area (Å²) in [7, 11) is 3.95. The lowest BCUT2D eigenvalue weighted by Crippen LogP contribution is -2.17. The molecule has 1 fully saturated rings. The van der Waals surface area contributed by atoms with Crippen LogP contribution in [-0.4, -0.2) is 20.0 Å². The molecule has 0 atom stereocenters. The summed E-state index contributed by atoms with van der Waals surface area (Å²) >= 11 is 0. The first-order valence-electron chi connectivity index (χ1n) is 5.25. The highest BCUT2D eigenvalue weighted by Gasteiger charge is 2.29. The summed E-state index contributed by atoms with van der Waals surface area (Å²) in [5.74, 6) is 0.407. The number of anilines is 2. The zero-order valence-electron chi connectivity index (χ0n) is 9.16. The zero-order chi connectivity index (χ0) is 10.8. The van der Waals surface area contributed by atoms with Gasteiger partial charge in [0.2, 0.25) is 5.91 Å². The van der Waals surface area contributed by atoms with Gasteiger partial charge in [0.25, 0.3) is 0 Å². The predicted molar refractivity (Wildman–Crippen MR) is 62.1 cm³/mol. The Balaban J connectivity index is 2.15. The molecule has 1 amide bonds. The lowest BCUT2D eigenvalue weighted by Gasteiger charge is -2.17. The standard InChI is InChI=1S/C12H16N2O/c1-14(2)11-6-4-3-5-10(11)13-12(15)9-7-8-9/h3-6,9H,7-8H2,1-2H3,(H,13,15). The predicted octanol–water partition coefficient (Wildman–Crippen LogP) is 2.10. The SMILES string of the molecule is CN(C)c1ccccc1NC(=O)C1CC1. The summed E-state index contributed by atoms with van der Waals surface area (Å²) in [6.45, 7) is 0. The first kappa shape index (κ1) is 10.0. The Hall–Kier alpha value is -1.51. The number of nitrogens with one attached hydrogen (secondary N) is 1. The second kappa shape index (κ2) is 3.93. The molecule has 0 aromatic heterocycles. The lowest BCUT2D eigenvalue weighted by molar-refractivity contribution is -0.117. The molecule has 1 saturated carbocycles. The number of para-hydroxylation sites is 2. The van der Waals surface area contributed by atoms with Gasteiger partial charge in [-0.15, -0.1) is 0 Å². The summed E-state index contributed by atoms with van der Waals surface area (Å²) in [6, 6.07) is 7.86. The van der Waals surface area contributed by atoms with Crippen molar-refractivity contribution in [2.24, 2.45) is 5.92 Å². The average molecular weight is 204 g/mol.